The van der Waals surface area contributed by atoms with Crippen LogP contribution < -0.4 is 5.32 Å². The topological polar surface area (TPSA) is 32.3 Å². The van der Waals surface area contributed by atoms with Crippen molar-refractivity contribution in [2.45, 2.75) is 44.1 Å². The summed E-state index contributed by atoms with van der Waals surface area (Å²) in [6.45, 7) is 0.173. The summed E-state index contributed by atoms with van der Waals surface area (Å²) in [5.74, 6) is 2.93. The van der Waals surface area contributed by atoms with Crippen LogP contribution in [0.4, 0.5) is 0 Å². The summed E-state index contributed by atoms with van der Waals surface area (Å²) in [6.07, 6.45) is 8.43. The predicted molar refractivity (Wildman–Crippen MR) is 51.1 cm³/mol. The summed E-state index contributed by atoms with van der Waals surface area (Å²) < 4.78 is 0. The van der Waals surface area contributed by atoms with Crippen LogP contribution in [0.2, 0.25) is 0 Å². The molecule has 4 fully saturated rings. The van der Waals surface area contributed by atoms with Crippen molar-refractivity contribution in [1.29, 1.82) is 0 Å². The molecule has 74 valence electrons. The molecule has 4 rings (SSSR count). The van der Waals surface area contributed by atoms with Crippen LogP contribution in [0.3, 0.4) is 0 Å². The Hall–Kier alpha value is -0.0800. The fourth-order valence-electron chi connectivity index (χ4n) is 4.49. The molecule has 0 radical (unpaired) electrons. The summed E-state index contributed by atoms with van der Waals surface area (Å²) in [4.78, 5) is 0. The SMILES string of the molecule is OCNC12CC3CC(CC(C3)C1)C2. The highest BCUT2D eigenvalue weighted by Gasteiger charge is 2.50. The van der Waals surface area contributed by atoms with Gasteiger partial charge in [-0.1, -0.05) is 0 Å². The summed E-state index contributed by atoms with van der Waals surface area (Å²) in [6, 6.07) is 0. The second-order valence-corrected chi connectivity index (χ2v) is 5.53. The van der Waals surface area contributed by atoms with Gasteiger partial charge in [0.2, 0.25) is 0 Å². The van der Waals surface area contributed by atoms with Crippen LogP contribution >= 0.6 is 0 Å². The molecule has 2 nitrogen and oxygen atoms in total. The van der Waals surface area contributed by atoms with Crippen molar-refractivity contribution in [3.05, 3.63) is 0 Å². The highest BCUT2D eigenvalue weighted by Crippen LogP contribution is 2.55. The van der Waals surface area contributed by atoms with Crippen LogP contribution in [0.5, 0.6) is 0 Å². The lowest BCUT2D eigenvalue weighted by atomic mass is 9.53. The molecule has 0 atom stereocenters. The first kappa shape index (κ1) is 8.25. The van der Waals surface area contributed by atoms with Gasteiger partial charge in [-0.2, -0.15) is 0 Å². The second kappa shape index (κ2) is 2.71. The maximum absolute atomic E-state index is 9.02. The van der Waals surface area contributed by atoms with Crippen LogP contribution in [0, 0.1) is 17.8 Å². The van der Waals surface area contributed by atoms with Gasteiger partial charge in [0.15, 0.2) is 0 Å². The summed E-state index contributed by atoms with van der Waals surface area (Å²) in [7, 11) is 0. The fourth-order valence-corrected chi connectivity index (χ4v) is 4.49. The molecule has 4 aliphatic carbocycles. The van der Waals surface area contributed by atoms with Gasteiger partial charge in [-0.15, -0.1) is 0 Å². The van der Waals surface area contributed by atoms with Gasteiger partial charge < -0.3 is 5.11 Å². The van der Waals surface area contributed by atoms with Crippen molar-refractivity contribution in [3.8, 4) is 0 Å². The van der Waals surface area contributed by atoms with E-state index in [4.69, 9.17) is 5.11 Å². The van der Waals surface area contributed by atoms with E-state index in [0.717, 1.165) is 17.8 Å². The number of aliphatic hydroxyl groups is 1. The smallest absolute Gasteiger partial charge is 0.0935 e. The third-order valence-electron chi connectivity index (χ3n) is 4.49. The van der Waals surface area contributed by atoms with Gasteiger partial charge in [0, 0.05) is 5.54 Å². The molecule has 2 N–H and O–H groups in total. The third kappa shape index (κ3) is 1.23. The minimum Gasteiger partial charge on any atom is -0.381 e. The summed E-state index contributed by atoms with van der Waals surface area (Å²) in [5, 5.41) is 12.4. The number of aliphatic hydroxyl groups excluding tert-OH is 1. The van der Waals surface area contributed by atoms with E-state index in [-0.39, 0.29) is 6.73 Å². The van der Waals surface area contributed by atoms with Gasteiger partial charge in [-0.25, -0.2) is 0 Å². The molecule has 0 aromatic carbocycles. The van der Waals surface area contributed by atoms with E-state index >= 15 is 0 Å². The van der Waals surface area contributed by atoms with Crippen molar-refractivity contribution in [2.24, 2.45) is 17.8 Å². The minimum atomic E-state index is 0.173. The molecular weight excluding hydrogens is 162 g/mol. The van der Waals surface area contributed by atoms with Gasteiger partial charge in [-0.3, -0.25) is 5.32 Å². The molecule has 0 amide bonds. The molecular formula is C11H19NO. The molecule has 4 saturated carbocycles. The lowest BCUT2D eigenvalue weighted by molar-refractivity contribution is -0.0300. The van der Waals surface area contributed by atoms with Gasteiger partial charge in [-0.05, 0) is 56.3 Å². The largest absolute Gasteiger partial charge is 0.381 e. The van der Waals surface area contributed by atoms with Crippen LogP contribution in [0.15, 0.2) is 0 Å². The quantitative estimate of drug-likeness (QED) is 0.633. The van der Waals surface area contributed by atoms with E-state index in [2.05, 4.69) is 5.32 Å². The van der Waals surface area contributed by atoms with Crippen LogP contribution in [-0.4, -0.2) is 17.4 Å². The lowest BCUT2D eigenvalue weighted by Gasteiger charge is -2.57. The van der Waals surface area contributed by atoms with Gasteiger partial charge in [0.05, 0.1) is 6.73 Å². The maximum Gasteiger partial charge on any atom is 0.0935 e. The molecule has 0 aromatic rings. The van der Waals surface area contributed by atoms with E-state index < -0.39 is 0 Å². The van der Waals surface area contributed by atoms with Crippen LogP contribution in [0.1, 0.15) is 38.5 Å². The Labute approximate surface area is 79.7 Å². The molecule has 0 unspecified atom stereocenters. The van der Waals surface area contributed by atoms with E-state index in [1.165, 1.54) is 38.5 Å². The number of hydrogen-bond acceptors (Lipinski definition) is 2. The zero-order chi connectivity index (χ0) is 8.89. The van der Waals surface area contributed by atoms with Crippen molar-refractivity contribution in [2.75, 3.05) is 6.73 Å². The maximum atomic E-state index is 9.02. The fraction of sp³-hybridized carbons (Fsp3) is 1.00. The number of rotatable bonds is 2. The highest BCUT2D eigenvalue weighted by molar-refractivity contribution is 5.05. The van der Waals surface area contributed by atoms with Crippen LogP contribution in [-0.2, 0) is 0 Å². The number of nitrogens with one attached hydrogen (secondary N) is 1. The minimum absolute atomic E-state index is 0.173. The Kier molecular flexibility index (Phi) is 1.72. The lowest BCUT2D eigenvalue weighted by Crippen LogP contribution is -2.58. The molecule has 4 aliphatic rings. The Bertz CT molecular complexity index is 179. The van der Waals surface area contributed by atoms with E-state index in [1.54, 1.807) is 0 Å². The Morgan fingerprint density at radius 2 is 1.46 bits per heavy atom. The third-order valence-corrected chi connectivity index (χ3v) is 4.49. The molecule has 13 heavy (non-hydrogen) atoms. The number of hydrogen-bond donors (Lipinski definition) is 2. The van der Waals surface area contributed by atoms with E-state index in [1.807, 2.05) is 0 Å². The first-order chi connectivity index (χ1) is 6.30. The standard InChI is InChI=1S/C11H19NO/c13-7-12-11-4-8-1-9(5-11)3-10(2-8)6-11/h8-10,12-13H,1-7H2. The first-order valence-corrected chi connectivity index (χ1v) is 5.65. The molecule has 0 aromatic heterocycles. The van der Waals surface area contributed by atoms with Gasteiger partial charge in [0.25, 0.3) is 0 Å². The Morgan fingerprint density at radius 3 is 1.85 bits per heavy atom. The van der Waals surface area contributed by atoms with Crippen LogP contribution in [0.25, 0.3) is 0 Å². The molecule has 0 heterocycles. The molecule has 4 bridgehead atoms. The molecule has 0 saturated heterocycles. The van der Waals surface area contributed by atoms with Gasteiger partial charge in [0.1, 0.15) is 0 Å². The molecule has 0 spiro atoms. The van der Waals surface area contributed by atoms with Crippen molar-refractivity contribution >= 4 is 0 Å². The Balaban J connectivity index is 1.83. The summed E-state index contributed by atoms with van der Waals surface area (Å²) >= 11 is 0. The average Bonchev–Trinajstić information content (AvgIpc) is 2.00. The molecule has 2 heteroatoms. The predicted octanol–water partition coefficient (Wildman–Crippen LogP) is 1.49. The van der Waals surface area contributed by atoms with Crippen molar-refractivity contribution < 1.29 is 5.11 Å². The van der Waals surface area contributed by atoms with Gasteiger partial charge >= 0.3 is 0 Å². The first-order valence-electron chi connectivity index (χ1n) is 5.65. The van der Waals surface area contributed by atoms with E-state index in [9.17, 15) is 0 Å². The zero-order valence-electron chi connectivity index (χ0n) is 8.13. The zero-order valence-corrected chi connectivity index (χ0v) is 8.13. The normalized spacial score (nSPS) is 52.8. The van der Waals surface area contributed by atoms with E-state index in [0.29, 0.717) is 5.54 Å². The monoisotopic (exact) mass is 181 g/mol. The Morgan fingerprint density at radius 1 is 1.00 bits per heavy atom. The molecule has 0 aliphatic heterocycles. The van der Waals surface area contributed by atoms with Crippen molar-refractivity contribution in [3.63, 3.8) is 0 Å². The highest BCUT2D eigenvalue weighted by atomic mass is 16.3. The second-order valence-electron chi connectivity index (χ2n) is 5.53. The van der Waals surface area contributed by atoms with Crippen molar-refractivity contribution in [1.82, 2.24) is 5.32 Å². The average molecular weight is 181 g/mol. The summed E-state index contributed by atoms with van der Waals surface area (Å²) in [5.41, 5.74) is 0.351.